The molecule has 1 aromatic rings. The zero-order valence-electron chi connectivity index (χ0n) is 18.7. The first-order valence-corrected chi connectivity index (χ1v) is 4.44. The molecule has 0 aliphatic carbocycles. The number of hydrogen-bond donors (Lipinski definition) is 0. The quantitative estimate of drug-likeness (QED) is 0.750. The lowest BCUT2D eigenvalue weighted by molar-refractivity contribution is 0.0851. The summed E-state index contributed by atoms with van der Waals surface area (Å²) in [5.41, 5.74) is 0.0858. The Morgan fingerprint density at radius 3 is 2.44 bits per heavy atom. The third kappa shape index (κ3) is 3.62. The van der Waals surface area contributed by atoms with Crippen LogP contribution in [0, 0.1) is 0 Å². The minimum absolute atomic E-state index is 0. The molecule has 90 valence electrons. The molecule has 0 saturated carbocycles. The van der Waals surface area contributed by atoms with Gasteiger partial charge in [0.05, 0.1) is 6.04 Å². The molecule has 0 aliphatic heterocycles. The van der Waals surface area contributed by atoms with Gasteiger partial charge in [-0.25, -0.2) is 0 Å². The van der Waals surface area contributed by atoms with Crippen LogP contribution in [0.2, 0.25) is 0 Å². The molecule has 1 unspecified atom stereocenters. The maximum Gasteiger partial charge on any atom is 0.179 e. The van der Waals surface area contributed by atoms with Gasteiger partial charge in [-0.2, -0.15) is 0 Å². The number of benzene rings is 1. The highest BCUT2D eigenvalue weighted by atomic mass is 35.5. The second kappa shape index (κ2) is 7.42. The molecule has 0 amide bonds. The van der Waals surface area contributed by atoms with Crippen molar-refractivity contribution in [1.29, 1.82) is 0 Å². The van der Waals surface area contributed by atoms with E-state index in [1.54, 1.807) is 6.07 Å². The van der Waals surface area contributed by atoms with E-state index in [-0.39, 0.29) is 22.9 Å². The van der Waals surface area contributed by atoms with Crippen LogP contribution >= 0.6 is 12.4 Å². The van der Waals surface area contributed by atoms with Crippen LogP contribution in [0.25, 0.3) is 0 Å². The molecule has 1 rings (SSSR count). The summed E-state index contributed by atoms with van der Waals surface area (Å²) in [6, 6.07) is 5.80. The molecule has 2 nitrogen and oxygen atoms in total. The van der Waals surface area contributed by atoms with E-state index in [0.717, 1.165) is 6.92 Å². The first kappa shape index (κ1) is 5.19. The largest absolute Gasteiger partial charge is 0.294 e. The number of hydrogen-bond acceptors (Lipinski definition) is 2. The zero-order valence-corrected chi connectivity index (χ0v) is 9.54. The monoisotopic (exact) mass is 251 g/mol. The normalized spacial score (nSPS) is 24.6. The minimum Gasteiger partial charge on any atom is -0.294 e. The van der Waals surface area contributed by atoms with Gasteiger partial charge in [-0.3, -0.25) is 9.69 Å². The lowest BCUT2D eigenvalue weighted by atomic mass is 10.0. The van der Waals surface area contributed by atoms with Gasteiger partial charge in [-0.05, 0) is 19.9 Å². The van der Waals surface area contributed by atoms with E-state index >= 15 is 0 Å². The van der Waals surface area contributed by atoms with E-state index in [4.69, 9.17) is 13.7 Å². The highest BCUT2D eigenvalue weighted by molar-refractivity contribution is 5.99. The van der Waals surface area contributed by atoms with Gasteiger partial charge in [0.2, 0.25) is 0 Å². The Morgan fingerprint density at radius 1 is 1.38 bits per heavy atom. The summed E-state index contributed by atoms with van der Waals surface area (Å²) in [7, 11) is 0. The third-order valence-electron chi connectivity index (χ3n) is 2.07. The lowest BCUT2D eigenvalue weighted by Crippen LogP contribution is -2.38. The van der Waals surface area contributed by atoms with Gasteiger partial charge < -0.3 is 0 Å². The number of carbonyl (C=O) groups excluding carboxylic acids is 1. The average Bonchev–Trinajstić information content (AvgIpc) is 2.44. The summed E-state index contributed by atoms with van der Waals surface area (Å²) in [4.78, 5) is 12.6. The summed E-state index contributed by atoms with van der Waals surface area (Å²) >= 11 is 0. The summed E-state index contributed by atoms with van der Waals surface area (Å²) in [6.07, 6.45) is 0. The number of Topliss-reactive ketones (excluding diaryl/α,β-unsaturated/α-hetero) is 1. The second-order valence-corrected chi connectivity index (χ2v) is 3.00. The van der Waals surface area contributed by atoms with Crippen LogP contribution in [0.4, 0.5) is 0 Å². The number of carbonyl (C=O) groups is 1. The molecule has 0 fully saturated rings. The predicted molar refractivity (Wildman–Crippen MR) is 70.4 cm³/mol. The Morgan fingerprint density at radius 2 is 1.94 bits per heavy atom. The third-order valence-corrected chi connectivity index (χ3v) is 2.07. The highest BCUT2D eigenvalue weighted by Gasteiger charge is 2.19. The van der Waals surface area contributed by atoms with Crippen molar-refractivity contribution >= 4 is 18.2 Å². The second-order valence-electron chi connectivity index (χ2n) is 3.00. The highest BCUT2D eigenvalue weighted by Crippen LogP contribution is 2.08. The van der Waals surface area contributed by atoms with Crippen LogP contribution in [0.3, 0.4) is 0 Å². The Hall–Kier alpha value is -0.860. The standard InChI is InChI=1S/C13H19NO.ClH/c1-4-14(5-2)11(3)13(15)12-9-7-6-8-10-12;/h6-11H,4-5H2,1-3H3;1H/i1D3,2D3,4D2,5D2;. The Balaban J connectivity index is 0.00000625. The van der Waals surface area contributed by atoms with Crippen molar-refractivity contribution in [2.75, 3.05) is 13.0 Å². The summed E-state index contributed by atoms with van der Waals surface area (Å²) in [5.74, 6) is -0.790. The number of rotatable bonds is 5. The number of halogens is 1. The van der Waals surface area contributed by atoms with E-state index in [1.807, 2.05) is 0 Å². The summed E-state index contributed by atoms with van der Waals surface area (Å²) in [5, 5.41) is 0. The van der Waals surface area contributed by atoms with Gasteiger partial charge in [0.25, 0.3) is 0 Å². The maximum atomic E-state index is 12.6. The molecule has 3 heteroatoms. The molecule has 0 radical (unpaired) electrons. The van der Waals surface area contributed by atoms with Gasteiger partial charge in [-0.15, -0.1) is 12.4 Å². The van der Waals surface area contributed by atoms with E-state index in [0.29, 0.717) is 0 Å². The van der Waals surface area contributed by atoms with Crippen molar-refractivity contribution in [3.05, 3.63) is 35.9 Å². The van der Waals surface area contributed by atoms with Gasteiger partial charge >= 0.3 is 0 Å². The SMILES string of the molecule is Cl.[2H]C([2H])([2H])C([2H])([2H])N(C(C)C(=O)c1ccccc1)C([2H])([2H])C([2H])([2H])[2H]. The molecular weight excluding hydrogens is 222 g/mol. The van der Waals surface area contributed by atoms with Crippen LogP contribution in [0.5, 0.6) is 0 Å². The molecule has 0 aliphatic rings. The van der Waals surface area contributed by atoms with Crippen molar-refractivity contribution in [3.63, 3.8) is 0 Å². The maximum absolute atomic E-state index is 12.6. The molecule has 0 spiro atoms. The average molecular weight is 252 g/mol. The van der Waals surface area contributed by atoms with Gasteiger partial charge in [0.1, 0.15) is 0 Å². The van der Waals surface area contributed by atoms with E-state index < -0.39 is 38.5 Å². The molecule has 0 bridgehead atoms. The van der Waals surface area contributed by atoms with Crippen LogP contribution < -0.4 is 0 Å². The topological polar surface area (TPSA) is 20.3 Å². The molecular formula is C13H20ClNO. The van der Waals surface area contributed by atoms with Crippen molar-refractivity contribution in [1.82, 2.24) is 4.90 Å². The molecule has 1 atom stereocenters. The van der Waals surface area contributed by atoms with Crippen LogP contribution in [0.1, 0.15) is 44.7 Å². The number of ketones is 1. The molecule has 16 heavy (non-hydrogen) atoms. The van der Waals surface area contributed by atoms with E-state index in [2.05, 4.69) is 0 Å². The number of likely N-dealkylation sites (N-methyl/N-ethyl adjacent to an activating group) is 1. The molecule has 0 aromatic heterocycles. The van der Waals surface area contributed by atoms with E-state index in [9.17, 15) is 4.79 Å². The zero-order chi connectivity index (χ0) is 19.8. The van der Waals surface area contributed by atoms with Crippen LogP contribution in [0.15, 0.2) is 30.3 Å². The number of nitrogens with zero attached hydrogens (tertiary/aromatic N) is 1. The van der Waals surface area contributed by atoms with Crippen molar-refractivity contribution in [2.24, 2.45) is 0 Å². The van der Waals surface area contributed by atoms with Crippen LogP contribution in [-0.4, -0.2) is 29.7 Å². The fraction of sp³-hybridized carbons (Fsp3) is 0.462. The van der Waals surface area contributed by atoms with Crippen molar-refractivity contribution in [2.45, 2.75) is 26.7 Å². The molecule has 0 heterocycles. The van der Waals surface area contributed by atoms with Crippen molar-refractivity contribution < 1.29 is 18.5 Å². The fourth-order valence-electron chi connectivity index (χ4n) is 1.18. The smallest absolute Gasteiger partial charge is 0.179 e. The first-order chi connectivity index (χ1) is 11.0. The summed E-state index contributed by atoms with van der Waals surface area (Å²) < 4.78 is 75.4. The van der Waals surface area contributed by atoms with Gasteiger partial charge in [0, 0.05) is 19.3 Å². The lowest BCUT2D eigenvalue weighted by Gasteiger charge is -2.25. The Kier molecular flexibility index (Phi) is 2.41. The summed E-state index contributed by atoms with van der Waals surface area (Å²) in [6.45, 7) is -12.5. The van der Waals surface area contributed by atoms with Crippen molar-refractivity contribution in [3.8, 4) is 0 Å². The van der Waals surface area contributed by atoms with Gasteiger partial charge in [0.15, 0.2) is 5.78 Å². The Bertz CT molecular complexity index is 588. The Labute approximate surface area is 118 Å². The van der Waals surface area contributed by atoms with Crippen LogP contribution in [-0.2, 0) is 0 Å². The molecule has 1 aromatic carbocycles. The fourth-order valence-corrected chi connectivity index (χ4v) is 1.18. The first-order valence-electron chi connectivity index (χ1n) is 9.44. The predicted octanol–water partition coefficient (Wildman–Crippen LogP) is 3.02. The molecule has 0 saturated heterocycles. The molecule has 0 N–H and O–H groups in total. The minimum atomic E-state index is -3.39. The van der Waals surface area contributed by atoms with E-state index in [1.165, 1.54) is 24.3 Å². The van der Waals surface area contributed by atoms with Gasteiger partial charge in [-0.1, -0.05) is 44.0 Å².